The largest absolute Gasteiger partial charge is 0.466 e. The quantitative estimate of drug-likeness (QED) is 0.247. The van der Waals surface area contributed by atoms with E-state index in [2.05, 4.69) is 18.7 Å². The summed E-state index contributed by atoms with van der Waals surface area (Å²) in [6, 6.07) is 0. The van der Waals surface area contributed by atoms with Crippen LogP contribution >= 0.6 is 0 Å². The second-order valence-corrected chi connectivity index (χ2v) is 4.39. The first-order chi connectivity index (χ1) is 8.56. The van der Waals surface area contributed by atoms with Crippen molar-refractivity contribution < 1.29 is 19.5 Å². The molecule has 0 fully saturated rings. The molecule has 0 rings (SSSR count). The molecule has 1 unspecified atom stereocenters. The first-order valence-electron chi connectivity index (χ1n) is 6.49. The Labute approximate surface area is 108 Å². The zero-order valence-electron chi connectivity index (χ0n) is 11.2. The topological polar surface area (TPSA) is 78.7 Å². The molecule has 106 valence electrons. The molecule has 0 amide bonds. The van der Waals surface area contributed by atoms with Crippen molar-refractivity contribution in [3.05, 3.63) is 10.1 Å². The minimum Gasteiger partial charge on any atom is -0.466 e. The molecule has 0 bridgehead atoms. The average Bonchev–Trinajstić information content (AvgIpc) is 2.33. The summed E-state index contributed by atoms with van der Waals surface area (Å²) in [5.74, 6) is 0.434. The van der Waals surface area contributed by atoms with Crippen LogP contribution in [0.2, 0.25) is 0 Å². The third-order valence-corrected chi connectivity index (χ3v) is 2.77. The van der Waals surface area contributed by atoms with Gasteiger partial charge in [-0.2, -0.15) is 0 Å². The molecule has 0 aromatic rings. The predicted octanol–water partition coefficient (Wildman–Crippen LogP) is 2.73. The molecule has 0 radical (unpaired) electrons. The van der Waals surface area contributed by atoms with Crippen molar-refractivity contribution in [2.75, 3.05) is 13.2 Å². The monoisotopic (exact) mass is 261 g/mol. The minimum absolute atomic E-state index is 0.0360. The van der Waals surface area contributed by atoms with Crippen LogP contribution in [0.15, 0.2) is 0 Å². The van der Waals surface area contributed by atoms with Crippen molar-refractivity contribution in [3.8, 4) is 0 Å². The number of hydrogen-bond acceptors (Lipinski definition) is 5. The summed E-state index contributed by atoms with van der Waals surface area (Å²) in [5.41, 5.74) is 0. The van der Waals surface area contributed by atoms with Crippen molar-refractivity contribution in [2.24, 2.45) is 5.92 Å². The van der Waals surface area contributed by atoms with Gasteiger partial charge in [0.15, 0.2) is 0 Å². The second-order valence-electron chi connectivity index (χ2n) is 4.39. The maximum absolute atomic E-state index is 11.3. The van der Waals surface area contributed by atoms with Crippen LogP contribution in [0.25, 0.3) is 0 Å². The van der Waals surface area contributed by atoms with Crippen LogP contribution in [0.3, 0.4) is 0 Å². The van der Waals surface area contributed by atoms with Gasteiger partial charge in [-0.05, 0) is 31.6 Å². The molecule has 0 spiro atoms. The lowest BCUT2D eigenvalue weighted by Crippen LogP contribution is -2.08. The molecule has 6 nitrogen and oxygen atoms in total. The van der Waals surface area contributed by atoms with Gasteiger partial charge < -0.3 is 9.57 Å². The molecule has 0 heterocycles. The number of ether oxygens (including phenoxy) is 1. The maximum Gasteiger partial charge on any atom is 0.305 e. The minimum atomic E-state index is -0.826. The number of hydrogen-bond donors (Lipinski definition) is 0. The lowest BCUT2D eigenvalue weighted by atomic mass is 10.0. The van der Waals surface area contributed by atoms with Gasteiger partial charge in [-0.1, -0.05) is 20.3 Å². The third-order valence-electron chi connectivity index (χ3n) is 2.77. The summed E-state index contributed by atoms with van der Waals surface area (Å²) in [6.45, 7) is 4.82. The highest BCUT2D eigenvalue weighted by Crippen LogP contribution is 2.09. The number of carbonyl (C=O) groups excluding carboxylic acids is 1. The van der Waals surface area contributed by atoms with Crippen LogP contribution in [-0.4, -0.2) is 24.3 Å². The maximum atomic E-state index is 11.3. The van der Waals surface area contributed by atoms with Crippen LogP contribution in [0.1, 0.15) is 52.4 Å². The van der Waals surface area contributed by atoms with E-state index >= 15 is 0 Å². The summed E-state index contributed by atoms with van der Waals surface area (Å²) in [5, 5.41) is 9.02. The van der Waals surface area contributed by atoms with Gasteiger partial charge in [0, 0.05) is 6.42 Å². The van der Waals surface area contributed by atoms with Crippen LogP contribution in [0.4, 0.5) is 0 Å². The molecule has 0 saturated carbocycles. The Morgan fingerprint density at radius 3 is 2.61 bits per heavy atom. The predicted molar refractivity (Wildman–Crippen MR) is 66.4 cm³/mol. The molecule has 0 aliphatic rings. The Hall–Kier alpha value is -1.33. The molecule has 6 heteroatoms. The molecular formula is C12H23NO5. The molecule has 0 aliphatic carbocycles. The van der Waals surface area contributed by atoms with Crippen LogP contribution < -0.4 is 0 Å². The van der Waals surface area contributed by atoms with Gasteiger partial charge in [0.25, 0.3) is 5.09 Å². The number of esters is 1. The van der Waals surface area contributed by atoms with E-state index in [0.717, 1.165) is 19.3 Å². The highest BCUT2D eigenvalue weighted by molar-refractivity contribution is 5.69. The third kappa shape index (κ3) is 11.2. The van der Waals surface area contributed by atoms with Crippen molar-refractivity contribution in [2.45, 2.75) is 52.4 Å². The zero-order chi connectivity index (χ0) is 13.8. The first-order valence-corrected chi connectivity index (χ1v) is 6.49. The normalized spacial score (nSPS) is 11.9. The summed E-state index contributed by atoms with van der Waals surface area (Å²) >= 11 is 0. The van der Waals surface area contributed by atoms with E-state index in [4.69, 9.17) is 4.74 Å². The van der Waals surface area contributed by atoms with Gasteiger partial charge in [0.05, 0.1) is 13.2 Å². The Kier molecular flexibility index (Phi) is 10.0. The van der Waals surface area contributed by atoms with Crippen molar-refractivity contribution >= 4 is 5.97 Å². The van der Waals surface area contributed by atoms with Crippen molar-refractivity contribution in [1.29, 1.82) is 0 Å². The second kappa shape index (κ2) is 10.8. The van der Waals surface area contributed by atoms with E-state index < -0.39 is 5.09 Å². The van der Waals surface area contributed by atoms with Crippen molar-refractivity contribution in [1.82, 2.24) is 0 Å². The fraction of sp³-hybridized carbons (Fsp3) is 0.917. The number of rotatable bonds is 11. The van der Waals surface area contributed by atoms with E-state index in [0.29, 0.717) is 31.8 Å². The number of unbranched alkanes of at least 4 members (excludes halogenated alkanes) is 1. The molecule has 18 heavy (non-hydrogen) atoms. The van der Waals surface area contributed by atoms with E-state index in [-0.39, 0.29) is 12.6 Å². The Bertz CT molecular complexity index is 245. The molecule has 0 aromatic heterocycles. The summed E-state index contributed by atoms with van der Waals surface area (Å²) in [6.07, 6.45) is 4.45. The smallest absolute Gasteiger partial charge is 0.305 e. The molecule has 0 saturated heterocycles. The zero-order valence-corrected chi connectivity index (χ0v) is 11.2. The lowest BCUT2D eigenvalue weighted by molar-refractivity contribution is -0.757. The first kappa shape index (κ1) is 16.7. The Morgan fingerprint density at radius 1 is 1.28 bits per heavy atom. The summed E-state index contributed by atoms with van der Waals surface area (Å²) in [4.78, 5) is 25.2. The summed E-state index contributed by atoms with van der Waals surface area (Å²) in [7, 11) is 0. The highest BCUT2D eigenvalue weighted by Gasteiger charge is 2.04. The van der Waals surface area contributed by atoms with Crippen LogP contribution in [0, 0.1) is 16.0 Å². The average molecular weight is 261 g/mol. The van der Waals surface area contributed by atoms with Crippen LogP contribution in [-0.2, 0) is 14.4 Å². The lowest BCUT2D eigenvalue weighted by Gasteiger charge is -2.08. The van der Waals surface area contributed by atoms with Gasteiger partial charge in [0.1, 0.15) is 0 Å². The van der Waals surface area contributed by atoms with Crippen molar-refractivity contribution in [3.63, 3.8) is 0 Å². The molecule has 0 aromatic carbocycles. The Morgan fingerprint density at radius 2 is 2.00 bits per heavy atom. The van der Waals surface area contributed by atoms with Gasteiger partial charge in [-0.15, -0.1) is 10.1 Å². The van der Waals surface area contributed by atoms with Gasteiger partial charge in [-0.3, -0.25) is 4.79 Å². The molecule has 0 aliphatic heterocycles. The van der Waals surface area contributed by atoms with E-state index in [1.807, 2.05) is 0 Å². The summed E-state index contributed by atoms with van der Waals surface area (Å²) < 4.78 is 5.05. The fourth-order valence-electron chi connectivity index (χ4n) is 1.40. The number of carbonyl (C=O) groups is 1. The van der Waals surface area contributed by atoms with Crippen LogP contribution in [0.5, 0.6) is 0 Å². The van der Waals surface area contributed by atoms with Gasteiger partial charge >= 0.3 is 5.97 Å². The molecule has 1 atom stereocenters. The number of nitrogens with zero attached hydrogens (tertiary/aromatic N) is 1. The van der Waals surface area contributed by atoms with E-state index in [1.165, 1.54) is 0 Å². The van der Waals surface area contributed by atoms with Gasteiger partial charge in [-0.25, -0.2) is 0 Å². The highest BCUT2D eigenvalue weighted by atomic mass is 16.9. The van der Waals surface area contributed by atoms with E-state index in [9.17, 15) is 14.9 Å². The molecular weight excluding hydrogens is 238 g/mol. The Balaban J connectivity index is 3.30. The SMILES string of the molecule is CCC(C)CCCOC(=O)CCCCO[N+](=O)[O-]. The standard InChI is InChI=1S/C12H23NO5/c1-3-11(2)7-6-9-17-12(14)8-4-5-10-18-13(15)16/h11H,3-10H2,1-2H3. The fourth-order valence-corrected chi connectivity index (χ4v) is 1.40. The molecule has 0 N–H and O–H groups in total. The van der Waals surface area contributed by atoms with E-state index in [1.54, 1.807) is 0 Å². The van der Waals surface area contributed by atoms with Gasteiger partial charge in [0.2, 0.25) is 0 Å².